The zero-order valence-corrected chi connectivity index (χ0v) is 18.9. The summed E-state index contributed by atoms with van der Waals surface area (Å²) in [7, 11) is 0. The van der Waals surface area contributed by atoms with Gasteiger partial charge >= 0.3 is 11.8 Å². The molecule has 1 aromatic carbocycles. The first kappa shape index (κ1) is 21.7. The summed E-state index contributed by atoms with van der Waals surface area (Å²) in [5.41, 5.74) is 2.90. The second-order valence-corrected chi connectivity index (χ2v) is 9.68. The maximum absolute atomic E-state index is 12.5. The fourth-order valence-electron chi connectivity index (χ4n) is 4.56. The Morgan fingerprint density at radius 2 is 1.81 bits per heavy atom. The number of fused-ring (bicyclic) bond motifs is 1. The predicted molar refractivity (Wildman–Crippen MR) is 122 cm³/mol. The number of likely N-dealkylation sites (tertiary alicyclic amines) is 2. The van der Waals surface area contributed by atoms with Crippen LogP contribution in [0.25, 0.3) is 11.0 Å². The predicted octanol–water partition coefficient (Wildman–Crippen LogP) is 3.92. The molecule has 0 radical (unpaired) electrons. The summed E-state index contributed by atoms with van der Waals surface area (Å²) in [5, 5.41) is 0. The molecule has 1 amide bonds. The highest BCUT2D eigenvalue weighted by molar-refractivity contribution is 5.75. The van der Waals surface area contributed by atoms with Gasteiger partial charge in [-0.2, -0.15) is 0 Å². The number of amides is 1. The number of hydrogen-bond donors (Lipinski definition) is 1. The lowest BCUT2D eigenvalue weighted by atomic mass is 10.0. The van der Waals surface area contributed by atoms with Crippen molar-refractivity contribution >= 4 is 17.1 Å². The fraction of sp³-hybridized carbons (Fsp3) is 0.583. The minimum atomic E-state index is -0.447. The zero-order chi connectivity index (χ0) is 22.0. The molecule has 2 fully saturated rings. The maximum atomic E-state index is 12.5. The van der Waals surface area contributed by atoms with E-state index in [1.807, 2.05) is 54.5 Å². The van der Waals surface area contributed by atoms with Crippen LogP contribution in [0.5, 0.6) is 0 Å². The third kappa shape index (κ3) is 5.21. The van der Waals surface area contributed by atoms with E-state index in [2.05, 4.69) is 16.0 Å². The number of benzene rings is 1. The number of nitrogens with one attached hydrogen (secondary N) is 1. The Labute approximate surface area is 183 Å². The van der Waals surface area contributed by atoms with Crippen LogP contribution < -0.4 is 5.69 Å². The molecule has 0 aliphatic carbocycles. The normalized spacial score (nSPS) is 19.1. The lowest BCUT2D eigenvalue weighted by molar-refractivity contribution is 0.0236. The van der Waals surface area contributed by atoms with Gasteiger partial charge in [0.1, 0.15) is 5.60 Å². The van der Waals surface area contributed by atoms with Crippen LogP contribution in [0, 0.1) is 0 Å². The number of para-hydroxylation sites is 2. The first-order valence-electron chi connectivity index (χ1n) is 11.4. The summed E-state index contributed by atoms with van der Waals surface area (Å²) in [6, 6.07) is 8.18. The topological polar surface area (TPSA) is 70.6 Å². The molecule has 0 spiro atoms. The molecule has 0 bridgehead atoms. The Hall–Kier alpha value is -2.54. The van der Waals surface area contributed by atoms with E-state index in [9.17, 15) is 9.59 Å². The van der Waals surface area contributed by atoms with Gasteiger partial charge in [-0.25, -0.2) is 9.59 Å². The summed E-state index contributed by atoms with van der Waals surface area (Å²) in [5.74, 6) is 0. The molecule has 2 aliphatic heterocycles. The summed E-state index contributed by atoms with van der Waals surface area (Å²) in [6.07, 6.45) is 5.93. The average molecular weight is 427 g/mol. The van der Waals surface area contributed by atoms with Crippen LogP contribution in [0.1, 0.15) is 52.5 Å². The zero-order valence-electron chi connectivity index (χ0n) is 18.9. The van der Waals surface area contributed by atoms with Gasteiger partial charge in [-0.1, -0.05) is 23.8 Å². The lowest BCUT2D eigenvalue weighted by Crippen LogP contribution is -2.40. The van der Waals surface area contributed by atoms with Gasteiger partial charge in [-0.15, -0.1) is 0 Å². The van der Waals surface area contributed by atoms with E-state index in [4.69, 9.17) is 4.74 Å². The number of hydrogen-bond acceptors (Lipinski definition) is 4. The van der Waals surface area contributed by atoms with Crippen LogP contribution in [-0.4, -0.2) is 63.8 Å². The maximum Gasteiger partial charge on any atom is 0.410 e. The van der Waals surface area contributed by atoms with E-state index in [-0.39, 0.29) is 17.8 Å². The largest absolute Gasteiger partial charge is 0.444 e. The van der Waals surface area contributed by atoms with Crippen molar-refractivity contribution < 1.29 is 9.53 Å². The highest BCUT2D eigenvalue weighted by Crippen LogP contribution is 2.25. The average Bonchev–Trinajstić information content (AvgIpc) is 3.07. The van der Waals surface area contributed by atoms with Gasteiger partial charge in [-0.3, -0.25) is 9.47 Å². The van der Waals surface area contributed by atoms with Gasteiger partial charge in [0.25, 0.3) is 0 Å². The minimum absolute atomic E-state index is 0.00137. The third-order valence-electron chi connectivity index (χ3n) is 6.24. The van der Waals surface area contributed by atoms with Crippen LogP contribution in [0.4, 0.5) is 4.79 Å². The van der Waals surface area contributed by atoms with Gasteiger partial charge in [-0.05, 0) is 58.6 Å². The molecule has 1 N–H and O–H groups in total. The van der Waals surface area contributed by atoms with Crippen LogP contribution in [-0.2, 0) is 4.74 Å². The second-order valence-electron chi connectivity index (χ2n) is 9.68. The Morgan fingerprint density at radius 3 is 2.48 bits per heavy atom. The summed E-state index contributed by atoms with van der Waals surface area (Å²) < 4.78 is 7.42. The molecular weight excluding hydrogens is 392 g/mol. The van der Waals surface area contributed by atoms with Gasteiger partial charge < -0.3 is 14.6 Å². The number of aromatic nitrogens is 2. The van der Waals surface area contributed by atoms with Crippen molar-refractivity contribution in [3.63, 3.8) is 0 Å². The van der Waals surface area contributed by atoms with Crippen LogP contribution in [0.2, 0.25) is 0 Å². The Bertz CT molecular complexity index is 996. The van der Waals surface area contributed by atoms with Gasteiger partial charge in [0, 0.05) is 38.8 Å². The molecule has 2 aromatic rings. The molecule has 3 heterocycles. The van der Waals surface area contributed by atoms with E-state index in [0.29, 0.717) is 0 Å². The highest BCUT2D eigenvalue weighted by atomic mass is 16.6. The van der Waals surface area contributed by atoms with Crippen molar-refractivity contribution in [2.75, 3.05) is 32.7 Å². The first-order valence-corrected chi connectivity index (χ1v) is 11.4. The van der Waals surface area contributed by atoms with E-state index in [1.54, 1.807) is 0 Å². The fourth-order valence-corrected chi connectivity index (χ4v) is 4.56. The number of piperidine rings is 2. The SMILES string of the molecule is CC(C)(C)OC(=O)N1CCC(=CCN2CCC(n3c(=O)[nH]c4ccccc43)CC2)CC1. The Kier molecular flexibility index (Phi) is 6.23. The third-order valence-corrected chi connectivity index (χ3v) is 6.24. The van der Waals surface area contributed by atoms with E-state index in [0.717, 1.165) is 69.4 Å². The van der Waals surface area contributed by atoms with E-state index in [1.165, 1.54) is 5.57 Å². The number of nitrogens with zero attached hydrogens (tertiary/aromatic N) is 3. The molecule has 1 aromatic heterocycles. The van der Waals surface area contributed by atoms with Crippen molar-refractivity contribution in [2.45, 2.75) is 58.1 Å². The van der Waals surface area contributed by atoms with Crippen LogP contribution in [0.15, 0.2) is 40.7 Å². The number of aromatic amines is 1. The monoisotopic (exact) mass is 426 g/mol. The van der Waals surface area contributed by atoms with Gasteiger partial charge in [0.05, 0.1) is 11.0 Å². The van der Waals surface area contributed by atoms with Crippen molar-refractivity contribution in [3.05, 3.63) is 46.4 Å². The first-order chi connectivity index (χ1) is 14.8. The van der Waals surface area contributed by atoms with Crippen LogP contribution >= 0.6 is 0 Å². The van der Waals surface area contributed by atoms with E-state index >= 15 is 0 Å². The highest BCUT2D eigenvalue weighted by Gasteiger charge is 2.25. The standard InChI is InChI=1S/C24H34N4O3/c1-24(2,3)31-23(30)27-16-9-18(10-17-27)8-13-26-14-11-19(12-15-26)28-21-7-5-4-6-20(21)25-22(28)29/h4-8,19H,9-17H2,1-3H3,(H,25,29). The van der Waals surface area contributed by atoms with Crippen LogP contribution in [0.3, 0.4) is 0 Å². The Morgan fingerprint density at radius 1 is 1.13 bits per heavy atom. The minimum Gasteiger partial charge on any atom is -0.444 e. The molecule has 4 rings (SSSR count). The molecule has 0 saturated carbocycles. The van der Waals surface area contributed by atoms with E-state index < -0.39 is 5.60 Å². The number of imidazole rings is 1. The number of ether oxygens (including phenoxy) is 1. The molecular formula is C24H34N4O3. The van der Waals surface area contributed by atoms with Crippen molar-refractivity contribution in [1.82, 2.24) is 19.4 Å². The smallest absolute Gasteiger partial charge is 0.410 e. The Balaban J connectivity index is 1.26. The quantitative estimate of drug-likeness (QED) is 0.755. The van der Waals surface area contributed by atoms with Crippen molar-refractivity contribution in [1.29, 1.82) is 0 Å². The molecule has 7 heteroatoms. The number of carbonyl (C=O) groups is 1. The molecule has 0 atom stereocenters. The summed E-state index contributed by atoms with van der Waals surface area (Å²) in [4.78, 5) is 31.9. The summed E-state index contributed by atoms with van der Waals surface area (Å²) in [6.45, 7) is 10.1. The molecule has 7 nitrogen and oxygen atoms in total. The van der Waals surface area contributed by atoms with Gasteiger partial charge in [0.2, 0.25) is 0 Å². The molecule has 2 aliphatic rings. The number of carbonyl (C=O) groups excluding carboxylic acids is 1. The molecule has 0 unspecified atom stereocenters. The number of H-pyrrole nitrogens is 1. The lowest BCUT2D eigenvalue weighted by Gasteiger charge is -2.33. The van der Waals surface area contributed by atoms with Gasteiger partial charge in [0.15, 0.2) is 0 Å². The van der Waals surface area contributed by atoms with Crippen molar-refractivity contribution in [2.24, 2.45) is 0 Å². The molecule has 31 heavy (non-hydrogen) atoms. The molecule has 2 saturated heterocycles. The molecule has 168 valence electrons. The second kappa shape index (κ2) is 8.91. The summed E-state index contributed by atoms with van der Waals surface area (Å²) >= 11 is 0. The van der Waals surface area contributed by atoms with Crippen molar-refractivity contribution in [3.8, 4) is 0 Å². The number of rotatable bonds is 3.